The first-order chi connectivity index (χ1) is 8.69. The third-order valence-electron chi connectivity index (χ3n) is 2.49. The van der Waals surface area contributed by atoms with Gasteiger partial charge < -0.3 is 15.4 Å². The van der Waals surface area contributed by atoms with Gasteiger partial charge in [-0.1, -0.05) is 6.07 Å². The van der Waals surface area contributed by atoms with Crippen molar-refractivity contribution < 1.29 is 14.3 Å². The van der Waals surface area contributed by atoms with Crippen LogP contribution in [0.2, 0.25) is 0 Å². The van der Waals surface area contributed by atoms with Crippen molar-refractivity contribution >= 4 is 29.1 Å². The Bertz CT molecular complexity index is 476. The minimum atomic E-state index is -0.175. The zero-order valence-electron chi connectivity index (χ0n) is 9.66. The predicted molar refractivity (Wildman–Crippen MR) is 67.8 cm³/mol. The second-order valence-corrected chi connectivity index (χ2v) is 4.26. The van der Waals surface area contributed by atoms with E-state index >= 15 is 0 Å². The Kier molecular flexibility index (Phi) is 4.04. The highest BCUT2D eigenvalue weighted by Crippen LogP contribution is 2.28. The average molecular weight is 269 g/mol. The van der Waals surface area contributed by atoms with E-state index in [1.807, 2.05) is 6.07 Å². The molecule has 0 atom stereocenters. The van der Waals surface area contributed by atoms with Crippen molar-refractivity contribution in [2.45, 2.75) is 13.0 Å². The number of carbonyl (C=O) groups is 2. The normalized spacial score (nSPS) is 13.3. The van der Waals surface area contributed by atoms with Gasteiger partial charge in [-0.15, -0.1) is 11.6 Å². The minimum Gasteiger partial charge on any atom is -0.482 e. The van der Waals surface area contributed by atoms with Gasteiger partial charge in [0.1, 0.15) is 5.75 Å². The Labute approximate surface area is 109 Å². The van der Waals surface area contributed by atoms with E-state index in [0.29, 0.717) is 30.3 Å². The molecule has 2 rings (SSSR count). The highest BCUT2D eigenvalue weighted by atomic mass is 35.5. The van der Waals surface area contributed by atoms with Gasteiger partial charge in [0.25, 0.3) is 5.91 Å². The van der Waals surface area contributed by atoms with Gasteiger partial charge in [0, 0.05) is 18.8 Å². The number of carbonyl (C=O) groups excluding carboxylic acids is 2. The molecule has 0 spiro atoms. The lowest BCUT2D eigenvalue weighted by Gasteiger charge is -2.18. The van der Waals surface area contributed by atoms with Gasteiger partial charge in [-0.2, -0.15) is 0 Å². The van der Waals surface area contributed by atoms with Gasteiger partial charge in [0.15, 0.2) is 6.61 Å². The van der Waals surface area contributed by atoms with Crippen molar-refractivity contribution in [2.24, 2.45) is 0 Å². The van der Waals surface area contributed by atoms with Crippen molar-refractivity contribution in [1.29, 1.82) is 0 Å². The molecule has 0 saturated carbocycles. The van der Waals surface area contributed by atoms with Crippen molar-refractivity contribution in [1.82, 2.24) is 5.32 Å². The van der Waals surface area contributed by atoms with Gasteiger partial charge in [0.05, 0.1) is 5.69 Å². The van der Waals surface area contributed by atoms with E-state index in [1.54, 1.807) is 12.1 Å². The Morgan fingerprint density at radius 1 is 1.50 bits per heavy atom. The molecule has 0 bridgehead atoms. The maximum atomic E-state index is 11.3. The van der Waals surface area contributed by atoms with Gasteiger partial charge in [-0.25, -0.2) is 0 Å². The van der Waals surface area contributed by atoms with Crippen LogP contribution in [0.3, 0.4) is 0 Å². The molecule has 0 fully saturated rings. The third kappa shape index (κ3) is 3.13. The van der Waals surface area contributed by atoms with Crippen LogP contribution in [-0.4, -0.2) is 24.3 Å². The van der Waals surface area contributed by atoms with Crippen LogP contribution in [0.5, 0.6) is 5.75 Å². The van der Waals surface area contributed by atoms with E-state index in [1.165, 1.54) is 0 Å². The molecule has 5 nitrogen and oxygen atoms in total. The maximum absolute atomic E-state index is 11.3. The highest BCUT2D eigenvalue weighted by molar-refractivity contribution is 6.18. The van der Waals surface area contributed by atoms with Gasteiger partial charge in [-0.3, -0.25) is 9.59 Å². The summed E-state index contributed by atoms with van der Waals surface area (Å²) in [5, 5.41) is 5.46. The standard InChI is InChI=1S/C12H13ClN2O3/c13-4-3-11(16)14-6-8-1-2-10-9(5-8)15-12(17)7-18-10/h1-2,5H,3-4,6-7H2,(H,14,16)(H,15,17). The largest absolute Gasteiger partial charge is 0.482 e. The smallest absolute Gasteiger partial charge is 0.262 e. The van der Waals surface area contributed by atoms with Gasteiger partial charge in [-0.05, 0) is 17.7 Å². The average Bonchev–Trinajstić information content (AvgIpc) is 2.36. The summed E-state index contributed by atoms with van der Waals surface area (Å²) >= 11 is 5.46. The number of alkyl halides is 1. The summed E-state index contributed by atoms with van der Waals surface area (Å²) in [6.07, 6.45) is 0.298. The molecule has 6 heteroatoms. The summed E-state index contributed by atoms with van der Waals surface area (Å²) in [4.78, 5) is 22.4. The lowest BCUT2D eigenvalue weighted by molar-refractivity contribution is -0.121. The molecule has 0 saturated heterocycles. The second kappa shape index (κ2) is 5.73. The van der Waals surface area contributed by atoms with Crippen LogP contribution in [0.25, 0.3) is 0 Å². The number of hydrogen-bond acceptors (Lipinski definition) is 3. The number of benzene rings is 1. The van der Waals surface area contributed by atoms with E-state index in [-0.39, 0.29) is 18.4 Å². The first-order valence-electron chi connectivity index (χ1n) is 5.57. The second-order valence-electron chi connectivity index (χ2n) is 3.88. The predicted octanol–water partition coefficient (Wildman–Crippen LogP) is 1.26. The van der Waals surface area contributed by atoms with E-state index in [2.05, 4.69) is 10.6 Å². The molecule has 1 aromatic carbocycles. The minimum absolute atomic E-state index is 0.0405. The molecular formula is C12H13ClN2O3. The number of amides is 2. The molecule has 0 unspecified atom stereocenters. The summed E-state index contributed by atoms with van der Waals surface area (Å²) in [5.74, 6) is 0.680. The first kappa shape index (κ1) is 12.7. The van der Waals surface area contributed by atoms with Crippen molar-refractivity contribution in [3.63, 3.8) is 0 Å². The third-order valence-corrected chi connectivity index (χ3v) is 2.68. The topological polar surface area (TPSA) is 67.4 Å². The molecule has 0 aromatic heterocycles. The van der Waals surface area contributed by atoms with Gasteiger partial charge >= 0.3 is 0 Å². The Hall–Kier alpha value is -1.75. The van der Waals surface area contributed by atoms with E-state index in [9.17, 15) is 9.59 Å². The van der Waals surface area contributed by atoms with E-state index in [0.717, 1.165) is 5.56 Å². The van der Waals surface area contributed by atoms with Crippen LogP contribution in [-0.2, 0) is 16.1 Å². The number of rotatable bonds is 4. The lowest BCUT2D eigenvalue weighted by Crippen LogP contribution is -2.26. The monoisotopic (exact) mass is 268 g/mol. The molecule has 1 aliphatic rings. The molecule has 18 heavy (non-hydrogen) atoms. The molecule has 2 amide bonds. The molecule has 0 aliphatic carbocycles. The zero-order valence-corrected chi connectivity index (χ0v) is 10.4. The van der Waals surface area contributed by atoms with Crippen molar-refractivity contribution in [2.75, 3.05) is 17.8 Å². The molecule has 1 heterocycles. The molecule has 1 aromatic rings. The Morgan fingerprint density at radius 2 is 2.33 bits per heavy atom. The summed E-state index contributed by atoms with van der Waals surface area (Å²) in [6, 6.07) is 5.41. The summed E-state index contributed by atoms with van der Waals surface area (Å²) in [5.41, 5.74) is 1.53. The molecule has 0 radical (unpaired) electrons. The molecule has 2 N–H and O–H groups in total. The zero-order chi connectivity index (χ0) is 13.0. The van der Waals surface area contributed by atoms with Crippen LogP contribution in [0.1, 0.15) is 12.0 Å². The van der Waals surface area contributed by atoms with Crippen LogP contribution in [0.15, 0.2) is 18.2 Å². The van der Waals surface area contributed by atoms with Crippen LogP contribution < -0.4 is 15.4 Å². The number of nitrogens with one attached hydrogen (secondary N) is 2. The van der Waals surface area contributed by atoms with Crippen LogP contribution in [0, 0.1) is 0 Å². The van der Waals surface area contributed by atoms with Crippen LogP contribution >= 0.6 is 11.6 Å². The van der Waals surface area contributed by atoms with Crippen molar-refractivity contribution in [3.8, 4) is 5.75 Å². The number of anilines is 1. The first-order valence-corrected chi connectivity index (χ1v) is 6.11. The van der Waals surface area contributed by atoms with Gasteiger partial charge in [0.2, 0.25) is 5.91 Å². The van der Waals surface area contributed by atoms with Crippen molar-refractivity contribution in [3.05, 3.63) is 23.8 Å². The molecule has 96 valence electrons. The fourth-order valence-corrected chi connectivity index (χ4v) is 1.79. The van der Waals surface area contributed by atoms with E-state index < -0.39 is 0 Å². The fraction of sp³-hybridized carbons (Fsp3) is 0.333. The number of ether oxygens (including phenoxy) is 1. The molecular weight excluding hydrogens is 256 g/mol. The number of halogens is 1. The van der Waals surface area contributed by atoms with Crippen LogP contribution in [0.4, 0.5) is 5.69 Å². The highest BCUT2D eigenvalue weighted by Gasteiger charge is 2.15. The Morgan fingerprint density at radius 3 is 3.11 bits per heavy atom. The summed E-state index contributed by atoms with van der Waals surface area (Å²) < 4.78 is 5.24. The quantitative estimate of drug-likeness (QED) is 0.808. The van der Waals surface area contributed by atoms with E-state index in [4.69, 9.17) is 16.3 Å². The summed E-state index contributed by atoms with van der Waals surface area (Å²) in [7, 11) is 0. The number of hydrogen-bond donors (Lipinski definition) is 2. The number of fused-ring (bicyclic) bond motifs is 1. The fourth-order valence-electron chi connectivity index (χ4n) is 1.62. The maximum Gasteiger partial charge on any atom is 0.262 e. The Balaban J connectivity index is 2.00. The molecule has 1 aliphatic heterocycles. The summed E-state index contributed by atoms with van der Waals surface area (Å²) in [6.45, 7) is 0.442. The lowest BCUT2D eigenvalue weighted by atomic mass is 10.1. The SMILES string of the molecule is O=C(CCCl)NCc1ccc2c(c1)NC(=O)CO2.